The summed E-state index contributed by atoms with van der Waals surface area (Å²) in [6.07, 6.45) is 2.56. The van der Waals surface area contributed by atoms with E-state index in [9.17, 15) is 9.90 Å². The molecule has 5 nitrogen and oxygen atoms in total. The van der Waals surface area contributed by atoms with Gasteiger partial charge >= 0.3 is 0 Å². The zero-order chi connectivity index (χ0) is 14.8. The fourth-order valence-electron chi connectivity index (χ4n) is 3.28. The highest BCUT2D eigenvalue weighted by molar-refractivity contribution is 5.73. The molecule has 3 heterocycles. The van der Waals surface area contributed by atoms with Crippen molar-refractivity contribution in [3.63, 3.8) is 0 Å². The average Bonchev–Trinajstić information content (AvgIpc) is 2.94. The molecule has 5 heteroatoms. The highest BCUT2D eigenvalue weighted by atomic mass is 16.3. The number of rotatable bonds is 2. The van der Waals surface area contributed by atoms with Crippen molar-refractivity contribution in [2.45, 2.75) is 38.2 Å². The van der Waals surface area contributed by atoms with Gasteiger partial charge in [0.25, 0.3) is 0 Å². The summed E-state index contributed by atoms with van der Waals surface area (Å²) in [5.74, 6) is 1.58. The van der Waals surface area contributed by atoms with Crippen LogP contribution in [0.5, 0.6) is 0 Å². The summed E-state index contributed by atoms with van der Waals surface area (Å²) >= 11 is 0. The molecule has 0 radical (unpaired) electrons. The maximum absolute atomic E-state index is 11.4. The van der Waals surface area contributed by atoms with Crippen LogP contribution in [0, 0.1) is 0 Å². The van der Waals surface area contributed by atoms with Gasteiger partial charge in [-0.25, -0.2) is 4.98 Å². The minimum Gasteiger partial charge on any atom is -0.391 e. The Labute approximate surface area is 125 Å². The highest BCUT2D eigenvalue weighted by Gasteiger charge is 2.25. The molecule has 0 aromatic carbocycles. The predicted molar refractivity (Wildman–Crippen MR) is 81.3 cm³/mol. The van der Waals surface area contributed by atoms with Crippen molar-refractivity contribution >= 4 is 11.7 Å². The number of nitrogens with zero attached hydrogens (tertiary/aromatic N) is 3. The van der Waals surface area contributed by atoms with E-state index >= 15 is 0 Å². The first kappa shape index (κ1) is 14.3. The molecule has 1 aromatic rings. The number of carbonyl (C=O) groups excluding carboxylic acids is 1. The molecule has 3 rings (SSSR count). The van der Waals surface area contributed by atoms with E-state index in [2.05, 4.69) is 17.0 Å². The van der Waals surface area contributed by atoms with Gasteiger partial charge in [-0.3, -0.25) is 4.79 Å². The number of likely N-dealkylation sites (tertiary alicyclic amines) is 1. The van der Waals surface area contributed by atoms with Gasteiger partial charge in [-0.1, -0.05) is 6.07 Å². The van der Waals surface area contributed by atoms with Gasteiger partial charge < -0.3 is 14.9 Å². The van der Waals surface area contributed by atoms with E-state index in [1.165, 1.54) is 0 Å². The van der Waals surface area contributed by atoms with Crippen LogP contribution < -0.4 is 4.90 Å². The Balaban J connectivity index is 1.68. The fraction of sp³-hybridized carbons (Fsp3) is 0.625. The average molecular weight is 289 g/mol. The Morgan fingerprint density at radius 3 is 2.62 bits per heavy atom. The molecule has 1 amide bonds. The van der Waals surface area contributed by atoms with E-state index in [1.807, 2.05) is 11.0 Å². The van der Waals surface area contributed by atoms with Crippen LogP contribution in [0.2, 0.25) is 0 Å². The molecule has 1 atom stereocenters. The number of anilines is 1. The fourth-order valence-corrected chi connectivity index (χ4v) is 3.28. The quantitative estimate of drug-likeness (QED) is 0.893. The van der Waals surface area contributed by atoms with Crippen molar-refractivity contribution in [2.24, 2.45) is 0 Å². The molecule has 1 aromatic heterocycles. The minimum absolute atomic E-state index is 0.168. The lowest BCUT2D eigenvalue weighted by Gasteiger charge is -2.31. The molecule has 2 aliphatic rings. The van der Waals surface area contributed by atoms with Gasteiger partial charge in [0.2, 0.25) is 5.91 Å². The summed E-state index contributed by atoms with van der Waals surface area (Å²) < 4.78 is 0. The van der Waals surface area contributed by atoms with Crippen molar-refractivity contribution in [2.75, 3.05) is 31.1 Å². The standard InChI is InChI=1S/C16H23N3O2/c1-12(20)18-8-5-13(6-9-18)15-3-2-4-16(17-15)19-10-7-14(21)11-19/h2-4,13-14,21H,5-11H2,1H3. The van der Waals surface area contributed by atoms with Crippen molar-refractivity contribution in [3.8, 4) is 0 Å². The number of aliphatic hydroxyl groups is 1. The molecule has 0 aliphatic carbocycles. The van der Waals surface area contributed by atoms with Crippen LogP contribution in [0.25, 0.3) is 0 Å². The maximum Gasteiger partial charge on any atom is 0.219 e. The van der Waals surface area contributed by atoms with Crippen molar-refractivity contribution in [1.82, 2.24) is 9.88 Å². The second-order valence-electron chi connectivity index (χ2n) is 6.09. The first-order valence-corrected chi connectivity index (χ1v) is 7.79. The van der Waals surface area contributed by atoms with Gasteiger partial charge in [0, 0.05) is 44.7 Å². The minimum atomic E-state index is -0.228. The Hall–Kier alpha value is -1.62. The number of hydrogen-bond acceptors (Lipinski definition) is 4. The van der Waals surface area contributed by atoms with Gasteiger partial charge in [-0.05, 0) is 31.4 Å². The van der Waals surface area contributed by atoms with Crippen LogP contribution in [-0.4, -0.2) is 53.2 Å². The third-order valence-electron chi connectivity index (χ3n) is 4.60. The van der Waals surface area contributed by atoms with E-state index in [1.54, 1.807) is 6.92 Å². The van der Waals surface area contributed by atoms with Crippen LogP contribution in [0.1, 0.15) is 37.8 Å². The summed E-state index contributed by atoms with van der Waals surface area (Å²) in [5.41, 5.74) is 1.12. The number of hydrogen-bond donors (Lipinski definition) is 1. The van der Waals surface area contributed by atoms with E-state index in [0.29, 0.717) is 12.5 Å². The van der Waals surface area contributed by atoms with Crippen LogP contribution >= 0.6 is 0 Å². The van der Waals surface area contributed by atoms with Crippen molar-refractivity contribution < 1.29 is 9.90 Å². The van der Waals surface area contributed by atoms with Gasteiger partial charge in [0.15, 0.2) is 0 Å². The lowest BCUT2D eigenvalue weighted by molar-refractivity contribution is -0.129. The molecule has 114 valence electrons. The summed E-state index contributed by atoms with van der Waals surface area (Å²) in [6, 6.07) is 6.16. The second-order valence-corrected chi connectivity index (χ2v) is 6.09. The molecule has 0 bridgehead atoms. The predicted octanol–water partition coefficient (Wildman–Crippen LogP) is 1.38. The number of amides is 1. The molecular weight excluding hydrogens is 266 g/mol. The summed E-state index contributed by atoms with van der Waals surface area (Å²) in [6.45, 7) is 4.85. The number of piperidine rings is 1. The summed E-state index contributed by atoms with van der Waals surface area (Å²) in [5, 5.41) is 9.65. The Bertz CT molecular complexity index is 512. The zero-order valence-corrected chi connectivity index (χ0v) is 12.5. The smallest absolute Gasteiger partial charge is 0.219 e. The zero-order valence-electron chi connectivity index (χ0n) is 12.5. The molecule has 0 spiro atoms. The number of aliphatic hydroxyl groups excluding tert-OH is 1. The van der Waals surface area contributed by atoms with E-state index in [4.69, 9.17) is 4.98 Å². The first-order valence-electron chi connectivity index (χ1n) is 7.79. The van der Waals surface area contributed by atoms with Crippen LogP contribution in [0.4, 0.5) is 5.82 Å². The second kappa shape index (κ2) is 6.02. The van der Waals surface area contributed by atoms with Crippen LogP contribution in [-0.2, 0) is 4.79 Å². The number of pyridine rings is 1. The number of β-amino-alcohol motifs (C(OH)–C–C–N with tert-alkyl or cyclic N) is 1. The summed E-state index contributed by atoms with van der Waals surface area (Å²) in [4.78, 5) is 20.2. The van der Waals surface area contributed by atoms with Gasteiger partial charge in [-0.15, -0.1) is 0 Å². The molecule has 2 fully saturated rings. The van der Waals surface area contributed by atoms with Crippen LogP contribution in [0.3, 0.4) is 0 Å². The largest absolute Gasteiger partial charge is 0.391 e. The highest BCUT2D eigenvalue weighted by Crippen LogP contribution is 2.28. The number of carbonyl (C=O) groups is 1. The topological polar surface area (TPSA) is 56.7 Å². The first-order chi connectivity index (χ1) is 10.1. The molecule has 2 aliphatic heterocycles. The normalized spacial score (nSPS) is 23.6. The van der Waals surface area contributed by atoms with E-state index in [-0.39, 0.29) is 12.0 Å². The Kier molecular flexibility index (Phi) is 4.10. The molecule has 21 heavy (non-hydrogen) atoms. The third-order valence-corrected chi connectivity index (χ3v) is 4.60. The Morgan fingerprint density at radius 2 is 2.00 bits per heavy atom. The SMILES string of the molecule is CC(=O)N1CCC(c2cccc(N3CCC(O)C3)n2)CC1. The van der Waals surface area contributed by atoms with E-state index in [0.717, 1.165) is 50.4 Å². The molecule has 1 unspecified atom stereocenters. The molecular formula is C16H23N3O2. The molecule has 0 saturated carbocycles. The van der Waals surface area contributed by atoms with Gasteiger partial charge in [-0.2, -0.15) is 0 Å². The van der Waals surface area contributed by atoms with Crippen molar-refractivity contribution in [1.29, 1.82) is 0 Å². The van der Waals surface area contributed by atoms with Gasteiger partial charge in [0.1, 0.15) is 5.82 Å². The van der Waals surface area contributed by atoms with Crippen LogP contribution in [0.15, 0.2) is 18.2 Å². The van der Waals surface area contributed by atoms with Crippen molar-refractivity contribution in [3.05, 3.63) is 23.9 Å². The lowest BCUT2D eigenvalue weighted by Crippen LogP contribution is -2.36. The summed E-state index contributed by atoms with van der Waals surface area (Å²) in [7, 11) is 0. The molecule has 2 saturated heterocycles. The maximum atomic E-state index is 11.4. The Morgan fingerprint density at radius 1 is 1.24 bits per heavy atom. The third kappa shape index (κ3) is 3.18. The lowest BCUT2D eigenvalue weighted by atomic mass is 9.93. The van der Waals surface area contributed by atoms with Gasteiger partial charge in [0.05, 0.1) is 6.10 Å². The molecule has 1 N–H and O–H groups in total. The van der Waals surface area contributed by atoms with E-state index < -0.39 is 0 Å². The number of aromatic nitrogens is 1. The monoisotopic (exact) mass is 289 g/mol.